The molecule has 0 radical (unpaired) electrons. The molecule has 0 amide bonds. The molecule has 26 heavy (non-hydrogen) atoms. The van der Waals surface area contributed by atoms with Crippen LogP contribution in [-0.4, -0.2) is 38.9 Å². The lowest BCUT2D eigenvalue weighted by molar-refractivity contribution is 0.239. The van der Waals surface area contributed by atoms with Crippen molar-refractivity contribution in [3.05, 3.63) is 27.7 Å². The smallest absolute Gasteiger partial charge is 0.243 e. The maximum Gasteiger partial charge on any atom is 0.243 e. The minimum atomic E-state index is -3.53. The highest BCUT2D eigenvalue weighted by molar-refractivity contribution is 7.89. The third-order valence-electron chi connectivity index (χ3n) is 5.91. The molecule has 0 aromatic heterocycles. The zero-order chi connectivity index (χ0) is 18.7. The first-order valence-corrected chi connectivity index (χ1v) is 11.7. The standard InChI is InChI=1S/C19H28Cl2N2O2S/c1-14-18(20)12-17(13-19(14)21)26(24,25)23-10-6-16(7-11-23)3-2-15-4-8-22-9-5-15/h12-13,15-16,22H,2-11H2,1H3. The van der Waals surface area contributed by atoms with Gasteiger partial charge in [-0.3, -0.25) is 0 Å². The minimum absolute atomic E-state index is 0.200. The van der Waals surface area contributed by atoms with Crippen molar-refractivity contribution in [2.24, 2.45) is 11.8 Å². The molecule has 146 valence electrons. The van der Waals surface area contributed by atoms with E-state index in [1.165, 1.54) is 37.8 Å². The van der Waals surface area contributed by atoms with Gasteiger partial charge < -0.3 is 5.32 Å². The first-order chi connectivity index (χ1) is 12.4. The van der Waals surface area contributed by atoms with Gasteiger partial charge in [-0.05, 0) is 75.2 Å². The largest absolute Gasteiger partial charge is 0.317 e. The zero-order valence-electron chi connectivity index (χ0n) is 15.3. The molecule has 1 aromatic carbocycles. The highest BCUT2D eigenvalue weighted by Crippen LogP contribution is 2.32. The van der Waals surface area contributed by atoms with Gasteiger partial charge in [0.15, 0.2) is 0 Å². The Morgan fingerprint density at radius 2 is 1.50 bits per heavy atom. The Balaban J connectivity index is 1.56. The summed E-state index contributed by atoms with van der Waals surface area (Å²) in [6.45, 7) is 5.24. The fourth-order valence-electron chi connectivity index (χ4n) is 4.00. The van der Waals surface area contributed by atoms with E-state index in [0.29, 0.717) is 34.6 Å². The summed E-state index contributed by atoms with van der Waals surface area (Å²) in [7, 11) is -3.53. The molecule has 0 bridgehead atoms. The van der Waals surface area contributed by atoms with Gasteiger partial charge in [-0.25, -0.2) is 8.42 Å². The molecule has 2 fully saturated rings. The molecule has 2 saturated heterocycles. The van der Waals surface area contributed by atoms with Crippen molar-refractivity contribution in [1.29, 1.82) is 0 Å². The number of hydrogen-bond acceptors (Lipinski definition) is 3. The van der Waals surface area contributed by atoms with Crippen molar-refractivity contribution >= 4 is 33.2 Å². The van der Waals surface area contributed by atoms with Crippen molar-refractivity contribution in [2.75, 3.05) is 26.2 Å². The van der Waals surface area contributed by atoms with Crippen LogP contribution in [0.3, 0.4) is 0 Å². The van der Waals surface area contributed by atoms with E-state index in [4.69, 9.17) is 23.2 Å². The van der Waals surface area contributed by atoms with Crippen LogP contribution in [0.4, 0.5) is 0 Å². The Kier molecular flexibility index (Phi) is 6.89. The SMILES string of the molecule is Cc1c(Cl)cc(S(=O)(=O)N2CCC(CCC3CCNCC3)CC2)cc1Cl. The first kappa shape index (κ1) is 20.4. The predicted molar refractivity (Wildman–Crippen MR) is 108 cm³/mol. The van der Waals surface area contributed by atoms with Gasteiger partial charge in [0, 0.05) is 23.1 Å². The molecule has 0 aliphatic carbocycles. The molecule has 0 atom stereocenters. The van der Waals surface area contributed by atoms with Gasteiger partial charge in [0.05, 0.1) is 4.90 Å². The first-order valence-electron chi connectivity index (χ1n) is 9.54. The molecule has 2 heterocycles. The van der Waals surface area contributed by atoms with Gasteiger partial charge in [-0.15, -0.1) is 0 Å². The summed E-state index contributed by atoms with van der Waals surface area (Å²) in [4.78, 5) is 0.200. The monoisotopic (exact) mass is 418 g/mol. The van der Waals surface area contributed by atoms with Crippen LogP contribution in [0.25, 0.3) is 0 Å². The Morgan fingerprint density at radius 3 is 2.04 bits per heavy atom. The summed E-state index contributed by atoms with van der Waals surface area (Å²) in [6.07, 6.45) is 6.95. The Bertz CT molecular complexity index is 702. The average Bonchev–Trinajstić information content (AvgIpc) is 2.65. The third-order valence-corrected chi connectivity index (χ3v) is 8.57. The Labute approximate surface area is 167 Å². The van der Waals surface area contributed by atoms with Gasteiger partial charge in [0.25, 0.3) is 0 Å². The van der Waals surface area contributed by atoms with Gasteiger partial charge >= 0.3 is 0 Å². The van der Waals surface area contributed by atoms with Crippen molar-refractivity contribution in [3.8, 4) is 0 Å². The van der Waals surface area contributed by atoms with Gasteiger partial charge in [0.1, 0.15) is 0 Å². The van der Waals surface area contributed by atoms with Crippen LogP contribution in [0.5, 0.6) is 0 Å². The number of rotatable bonds is 5. The van der Waals surface area contributed by atoms with Gasteiger partial charge in [-0.2, -0.15) is 4.31 Å². The number of hydrogen-bond donors (Lipinski definition) is 1. The number of halogens is 2. The number of benzene rings is 1. The van der Waals surface area contributed by atoms with Gasteiger partial charge in [0.2, 0.25) is 10.0 Å². The molecule has 7 heteroatoms. The van der Waals surface area contributed by atoms with E-state index in [1.54, 1.807) is 11.2 Å². The van der Waals surface area contributed by atoms with Crippen LogP contribution >= 0.6 is 23.2 Å². The maximum absolute atomic E-state index is 12.9. The second-order valence-corrected chi connectivity index (χ2v) is 10.4. The summed E-state index contributed by atoms with van der Waals surface area (Å²) in [5, 5.41) is 4.20. The second kappa shape index (κ2) is 8.78. The van der Waals surface area contributed by atoms with Crippen LogP contribution in [0.1, 0.15) is 44.1 Å². The zero-order valence-corrected chi connectivity index (χ0v) is 17.6. The molecule has 1 aromatic rings. The Hall–Kier alpha value is -0.330. The molecule has 1 N–H and O–H groups in total. The summed E-state index contributed by atoms with van der Waals surface area (Å²) in [5.41, 5.74) is 0.712. The lowest BCUT2D eigenvalue weighted by Gasteiger charge is -2.32. The van der Waals surface area contributed by atoms with E-state index in [-0.39, 0.29) is 4.90 Å². The highest BCUT2D eigenvalue weighted by atomic mass is 35.5. The fraction of sp³-hybridized carbons (Fsp3) is 0.684. The number of nitrogens with zero attached hydrogens (tertiary/aromatic N) is 1. The molecule has 2 aliphatic heterocycles. The van der Waals surface area contributed by atoms with E-state index < -0.39 is 10.0 Å². The van der Waals surface area contributed by atoms with Gasteiger partial charge in [-0.1, -0.05) is 36.0 Å². The van der Waals surface area contributed by atoms with Crippen molar-refractivity contribution in [3.63, 3.8) is 0 Å². The van der Waals surface area contributed by atoms with Crippen molar-refractivity contribution < 1.29 is 8.42 Å². The Morgan fingerprint density at radius 1 is 1.00 bits per heavy atom. The summed E-state index contributed by atoms with van der Waals surface area (Å²) in [6, 6.07) is 3.03. The minimum Gasteiger partial charge on any atom is -0.317 e. The van der Waals surface area contributed by atoms with E-state index in [1.807, 2.05) is 0 Å². The second-order valence-electron chi connectivity index (χ2n) is 7.63. The number of nitrogens with one attached hydrogen (secondary N) is 1. The van der Waals surface area contributed by atoms with Crippen molar-refractivity contribution in [1.82, 2.24) is 9.62 Å². The van der Waals surface area contributed by atoms with Crippen LogP contribution < -0.4 is 5.32 Å². The molecule has 0 unspecified atom stereocenters. The van der Waals surface area contributed by atoms with E-state index in [0.717, 1.165) is 31.8 Å². The number of piperidine rings is 2. The number of sulfonamides is 1. The maximum atomic E-state index is 12.9. The highest BCUT2D eigenvalue weighted by Gasteiger charge is 2.30. The van der Waals surface area contributed by atoms with Crippen LogP contribution in [0.2, 0.25) is 10.0 Å². The van der Waals surface area contributed by atoms with E-state index in [9.17, 15) is 8.42 Å². The van der Waals surface area contributed by atoms with Crippen molar-refractivity contribution in [2.45, 2.75) is 50.3 Å². The molecule has 2 aliphatic rings. The normalized spacial score (nSPS) is 21.2. The van der Waals surface area contributed by atoms with Crippen LogP contribution in [-0.2, 0) is 10.0 Å². The fourth-order valence-corrected chi connectivity index (χ4v) is 6.14. The average molecular weight is 419 g/mol. The molecule has 3 rings (SSSR count). The van der Waals surface area contributed by atoms with E-state index >= 15 is 0 Å². The quantitative estimate of drug-likeness (QED) is 0.766. The summed E-state index contributed by atoms with van der Waals surface area (Å²) in [5.74, 6) is 1.48. The summed E-state index contributed by atoms with van der Waals surface area (Å²) < 4.78 is 27.4. The predicted octanol–water partition coefficient (Wildman–Crippen LogP) is 4.48. The lowest BCUT2D eigenvalue weighted by Crippen LogP contribution is -2.38. The van der Waals surface area contributed by atoms with E-state index in [2.05, 4.69) is 5.32 Å². The lowest BCUT2D eigenvalue weighted by atomic mass is 9.86. The third kappa shape index (κ3) is 4.74. The molecule has 0 spiro atoms. The molecular weight excluding hydrogens is 391 g/mol. The van der Waals surface area contributed by atoms with Crippen LogP contribution in [0.15, 0.2) is 17.0 Å². The summed E-state index contributed by atoms with van der Waals surface area (Å²) >= 11 is 12.3. The molecule has 0 saturated carbocycles. The van der Waals surface area contributed by atoms with Crippen LogP contribution in [0, 0.1) is 18.8 Å². The topological polar surface area (TPSA) is 49.4 Å². The molecular formula is C19H28Cl2N2O2S. The molecule has 4 nitrogen and oxygen atoms in total.